The van der Waals surface area contributed by atoms with E-state index in [9.17, 15) is 0 Å². The summed E-state index contributed by atoms with van der Waals surface area (Å²) in [6.07, 6.45) is 9.25. The van der Waals surface area contributed by atoms with Crippen LogP contribution in [0.25, 0.3) is 0 Å². The Morgan fingerprint density at radius 2 is 2.43 bits per heavy atom. The first-order valence-electron chi connectivity index (χ1n) is 5.65. The van der Waals surface area contributed by atoms with E-state index in [0.29, 0.717) is 0 Å². The van der Waals surface area contributed by atoms with Crippen LogP contribution in [0, 0.1) is 5.92 Å². The molecule has 1 N–H and O–H groups in total. The molecule has 14 heavy (non-hydrogen) atoms. The Morgan fingerprint density at radius 1 is 1.57 bits per heavy atom. The lowest BCUT2D eigenvalue weighted by atomic mass is 10.3. The molecule has 1 aliphatic carbocycles. The quantitative estimate of drug-likeness (QED) is 0.752. The van der Waals surface area contributed by atoms with Crippen LogP contribution in [0.1, 0.15) is 32.6 Å². The molecule has 1 aliphatic rings. The highest BCUT2D eigenvalue weighted by Gasteiger charge is 2.20. The Hall–Kier alpha value is -0.990. The molecule has 1 fully saturated rings. The highest BCUT2D eigenvalue weighted by atomic mass is 15.2. The van der Waals surface area contributed by atoms with E-state index in [2.05, 4.69) is 21.8 Å². The van der Waals surface area contributed by atoms with Crippen LogP contribution in [0.2, 0.25) is 0 Å². The van der Waals surface area contributed by atoms with Crippen molar-refractivity contribution < 1.29 is 0 Å². The number of rotatable bonds is 6. The van der Waals surface area contributed by atoms with Gasteiger partial charge < -0.3 is 9.88 Å². The van der Waals surface area contributed by atoms with Crippen molar-refractivity contribution >= 4 is 5.95 Å². The summed E-state index contributed by atoms with van der Waals surface area (Å²) < 4.78 is 2.19. The summed E-state index contributed by atoms with van der Waals surface area (Å²) in [5.74, 6) is 2.03. The lowest BCUT2D eigenvalue weighted by Gasteiger charge is -2.07. The van der Waals surface area contributed by atoms with Gasteiger partial charge in [-0.3, -0.25) is 0 Å². The van der Waals surface area contributed by atoms with Crippen LogP contribution in [0.5, 0.6) is 0 Å². The summed E-state index contributed by atoms with van der Waals surface area (Å²) in [5.41, 5.74) is 0. The van der Waals surface area contributed by atoms with Crippen LogP contribution in [0.15, 0.2) is 12.4 Å². The van der Waals surface area contributed by atoms with Gasteiger partial charge in [-0.15, -0.1) is 0 Å². The largest absolute Gasteiger partial charge is 0.356 e. The summed E-state index contributed by atoms with van der Waals surface area (Å²) in [7, 11) is 0. The van der Waals surface area contributed by atoms with Gasteiger partial charge in [0.2, 0.25) is 5.95 Å². The maximum Gasteiger partial charge on any atom is 0.202 e. The molecule has 0 saturated heterocycles. The summed E-state index contributed by atoms with van der Waals surface area (Å²) in [4.78, 5) is 4.30. The average molecular weight is 193 g/mol. The molecule has 1 aromatic rings. The van der Waals surface area contributed by atoms with Crippen molar-refractivity contribution in [3.63, 3.8) is 0 Å². The number of hydrogen-bond donors (Lipinski definition) is 1. The van der Waals surface area contributed by atoms with Crippen LogP contribution in [-0.2, 0) is 6.54 Å². The van der Waals surface area contributed by atoms with E-state index >= 15 is 0 Å². The van der Waals surface area contributed by atoms with Crippen LogP contribution in [0.3, 0.4) is 0 Å². The zero-order valence-corrected chi connectivity index (χ0v) is 8.87. The monoisotopic (exact) mass is 193 g/mol. The molecule has 0 bridgehead atoms. The fourth-order valence-corrected chi connectivity index (χ4v) is 1.69. The minimum atomic E-state index is 0.997. The van der Waals surface area contributed by atoms with Crippen LogP contribution in [-0.4, -0.2) is 16.1 Å². The third-order valence-electron chi connectivity index (χ3n) is 2.71. The Bertz CT molecular complexity index is 276. The number of nitrogens with one attached hydrogen (secondary N) is 1. The van der Waals surface area contributed by atoms with Gasteiger partial charge in [-0.2, -0.15) is 0 Å². The van der Waals surface area contributed by atoms with Gasteiger partial charge in [0.25, 0.3) is 0 Å². The topological polar surface area (TPSA) is 29.9 Å². The van der Waals surface area contributed by atoms with Gasteiger partial charge in [0.05, 0.1) is 0 Å². The van der Waals surface area contributed by atoms with Gasteiger partial charge in [-0.05, 0) is 18.8 Å². The Kier molecular flexibility index (Phi) is 3.07. The smallest absolute Gasteiger partial charge is 0.202 e. The third kappa shape index (κ3) is 2.50. The lowest BCUT2D eigenvalue weighted by Crippen LogP contribution is -2.08. The molecule has 0 radical (unpaired) electrons. The second-order valence-electron chi connectivity index (χ2n) is 4.10. The van der Waals surface area contributed by atoms with Gasteiger partial charge in [0, 0.05) is 25.5 Å². The van der Waals surface area contributed by atoms with E-state index in [1.807, 2.05) is 12.4 Å². The van der Waals surface area contributed by atoms with Gasteiger partial charge in [0.15, 0.2) is 0 Å². The molecule has 1 heterocycles. The molecule has 3 nitrogen and oxygen atoms in total. The van der Waals surface area contributed by atoms with Crippen LogP contribution < -0.4 is 5.32 Å². The zero-order valence-electron chi connectivity index (χ0n) is 8.87. The van der Waals surface area contributed by atoms with Crippen LogP contribution >= 0.6 is 0 Å². The maximum absolute atomic E-state index is 4.30. The van der Waals surface area contributed by atoms with Gasteiger partial charge in [0.1, 0.15) is 0 Å². The fourth-order valence-electron chi connectivity index (χ4n) is 1.69. The van der Waals surface area contributed by atoms with Gasteiger partial charge in [-0.25, -0.2) is 4.98 Å². The number of aryl methyl sites for hydroxylation is 1. The molecular formula is C11H19N3. The minimum absolute atomic E-state index is 0.997. The predicted octanol–water partition coefficient (Wildman–Crippen LogP) is 2.51. The van der Waals surface area contributed by atoms with Crippen molar-refractivity contribution in [2.24, 2.45) is 5.92 Å². The van der Waals surface area contributed by atoms with Crippen molar-refractivity contribution in [2.45, 2.75) is 39.2 Å². The van der Waals surface area contributed by atoms with Crippen molar-refractivity contribution in [1.29, 1.82) is 0 Å². The maximum atomic E-state index is 4.30. The fraction of sp³-hybridized carbons (Fsp3) is 0.727. The third-order valence-corrected chi connectivity index (χ3v) is 2.71. The first-order chi connectivity index (χ1) is 6.90. The molecule has 0 atom stereocenters. The van der Waals surface area contributed by atoms with E-state index in [1.165, 1.54) is 19.3 Å². The normalized spacial score (nSPS) is 15.8. The molecule has 0 aromatic carbocycles. The van der Waals surface area contributed by atoms with Gasteiger partial charge >= 0.3 is 0 Å². The molecule has 0 aliphatic heterocycles. The molecule has 1 aromatic heterocycles. The molecule has 0 amide bonds. The molecule has 78 valence electrons. The summed E-state index contributed by atoms with van der Waals surface area (Å²) in [5, 5.41) is 3.40. The Labute approximate surface area is 85.5 Å². The highest BCUT2D eigenvalue weighted by Crippen LogP contribution is 2.31. The second-order valence-corrected chi connectivity index (χ2v) is 4.10. The lowest BCUT2D eigenvalue weighted by molar-refractivity contribution is 0.675. The van der Waals surface area contributed by atoms with Crippen molar-refractivity contribution in [3.8, 4) is 0 Å². The number of hydrogen-bond acceptors (Lipinski definition) is 2. The summed E-state index contributed by atoms with van der Waals surface area (Å²) in [6, 6.07) is 0. The van der Waals surface area contributed by atoms with E-state index in [0.717, 1.165) is 31.4 Å². The minimum Gasteiger partial charge on any atom is -0.356 e. The Morgan fingerprint density at radius 3 is 3.14 bits per heavy atom. The molecule has 3 heteroatoms. The second kappa shape index (κ2) is 4.49. The molecule has 2 rings (SSSR count). The number of anilines is 1. The predicted molar refractivity (Wildman–Crippen MR) is 58.3 cm³/mol. The standard InChI is InChI=1S/C11H19N3/c1-2-8-14-9-7-13-11(14)12-6-5-10-3-4-10/h7,9-10H,2-6,8H2,1H3,(H,12,13). The zero-order chi connectivity index (χ0) is 9.80. The van der Waals surface area contributed by atoms with Crippen molar-refractivity contribution in [3.05, 3.63) is 12.4 Å². The van der Waals surface area contributed by atoms with E-state index in [1.54, 1.807) is 0 Å². The summed E-state index contributed by atoms with van der Waals surface area (Å²) in [6.45, 7) is 4.32. The molecule has 1 saturated carbocycles. The van der Waals surface area contributed by atoms with Crippen molar-refractivity contribution in [1.82, 2.24) is 9.55 Å². The SMILES string of the molecule is CCCn1ccnc1NCCC1CC1. The van der Waals surface area contributed by atoms with E-state index < -0.39 is 0 Å². The average Bonchev–Trinajstić information content (AvgIpc) is 2.89. The Balaban J connectivity index is 1.78. The van der Waals surface area contributed by atoms with E-state index in [4.69, 9.17) is 0 Å². The number of nitrogens with zero attached hydrogens (tertiary/aromatic N) is 2. The van der Waals surface area contributed by atoms with Crippen molar-refractivity contribution in [2.75, 3.05) is 11.9 Å². The molecule has 0 spiro atoms. The molecule has 0 unspecified atom stereocenters. The van der Waals surface area contributed by atoms with Crippen LogP contribution in [0.4, 0.5) is 5.95 Å². The van der Waals surface area contributed by atoms with Gasteiger partial charge in [-0.1, -0.05) is 19.8 Å². The first-order valence-corrected chi connectivity index (χ1v) is 5.65. The first kappa shape index (κ1) is 9.56. The number of aromatic nitrogens is 2. The summed E-state index contributed by atoms with van der Waals surface area (Å²) >= 11 is 0. The molecular weight excluding hydrogens is 174 g/mol. The van der Waals surface area contributed by atoms with E-state index in [-0.39, 0.29) is 0 Å². The number of imidazole rings is 1. The highest BCUT2D eigenvalue weighted by molar-refractivity contribution is 5.25.